The van der Waals surface area contributed by atoms with Crippen molar-refractivity contribution in [1.82, 2.24) is 5.32 Å². The van der Waals surface area contributed by atoms with Crippen LogP contribution in [0.4, 0.5) is 4.39 Å². The van der Waals surface area contributed by atoms with E-state index in [0.29, 0.717) is 5.75 Å². The molecule has 1 saturated carbocycles. The van der Waals surface area contributed by atoms with Crippen molar-refractivity contribution < 1.29 is 18.7 Å². The van der Waals surface area contributed by atoms with Gasteiger partial charge in [0.1, 0.15) is 5.82 Å². The van der Waals surface area contributed by atoms with Gasteiger partial charge < -0.3 is 14.8 Å². The highest BCUT2D eigenvalue weighted by atomic mass is 19.1. The number of amides is 1. The Bertz CT molecular complexity index is 444. The van der Waals surface area contributed by atoms with Gasteiger partial charge >= 0.3 is 0 Å². The lowest BCUT2D eigenvalue weighted by Crippen LogP contribution is -2.26. The van der Waals surface area contributed by atoms with Crippen LogP contribution in [0.15, 0.2) is 12.1 Å². The zero-order chi connectivity index (χ0) is 12.4. The first-order chi connectivity index (χ1) is 8.15. The highest BCUT2D eigenvalue weighted by Crippen LogP contribution is 2.30. The van der Waals surface area contributed by atoms with Crippen molar-refractivity contribution in [3.63, 3.8) is 0 Å². The number of benzene rings is 1. The number of hydrogen-bond donors (Lipinski definition) is 1. The van der Waals surface area contributed by atoms with E-state index in [1.807, 2.05) is 0 Å². The topological polar surface area (TPSA) is 47.6 Å². The molecule has 2 rings (SSSR count). The molecule has 1 aliphatic carbocycles. The van der Waals surface area contributed by atoms with Gasteiger partial charge in [-0.05, 0) is 18.9 Å². The summed E-state index contributed by atoms with van der Waals surface area (Å²) in [6, 6.07) is 2.70. The predicted molar refractivity (Wildman–Crippen MR) is 60.0 cm³/mol. The summed E-state index contributed by atoms with van der Waals surface area (Å²) >= 11 is 0. The Kier molecular flexibility index (Phi) is 3.17. The van der Waals surface area contributed by atoms with E-state index in [0.717, 1.165) is 18.9 Å². The van der Waals surface area contributed by atoms with Crippen molar-refractivity contribution >= 4 is 5.91 Å². The van der Waals surface area contributed by atoms with Crippen LogP contribution in [0, 0.1) is 5.82 Å². The summed E-state index contributed by atoms with van der Waals surface area (Å²) < 4.78 is 23.7. The van der Waals surface area contributed by atoms with Gasteiger partial charge in [-0.2, -0.15) is 0 Å². The van der Waals surface area contributed by atoms with Gasteiger partial charge in [0.25, 0.3) is 5.91 Å². The maximum absolute atomic E-state index is 13.7. The van der Waals surface area contributed by atoms with Crippen molar-refractivity contribution in [3.05, 3.63) is 23.5 Å². The van der Waals surface area contributed by atoms with E-state index >= 15 is 0 Å². The van der Waals surface area contributed by atoms with Crippen LogP contribution >= 0.6 is 0 Å². The smallest absolute Gasteiger partial charge is 0.254 e. The molecule has 0 unspecified atom stereocenters. The molecule has 0 atom stereocenters. The number of rotatable bonds is 4. The Morgan fingerprint density at radius 1 is 1.29 bits per heavy atom. The number of carbonyl (C=O) groups excluding carboxylic acids is 1. The van der Waals surface area contributed by atoms with Gasteiger partial charge in [0, 0.05) is 12.1 Å². The SMILES string of the molecule is COc1cc(F)c(C(=O)NC2CC2)cc1OC. The minimum absolute atomic E-state index is 0.0189. The molecule has 1 aromatic carbocycles. The monoisotopic (exact) mass is 239 g/mol. The first-order valence-corrected chi connectivity index (χ1v) is 5.38. The molecular formula is C12H14FNO3. The highest BCUT2D eigenvalue weighted by Gasteiger charge is 2.26. The molecule has 1 aromatic rings. The first-order valence-electron chi connectivity index (χ1n) is 5.38. The third kappa shape index (κ3) is 2.49. The Labute approximate surface area is 98.7 Å². The quantitative estimate of drug-likeness (QED) is 0.870. The third-order valence-electron chi connectivity index (χ3n) is 2.63. The van der Waals surface area contributed by atoms with Crippen LogP contribution in [-0.2, 0) is 0 Å². The first kappa shape index (κ1) is 11.7. The zero-order valence-electron chi connectivity index (χ0n) is 9.75. The second kappa shape index (κ2) is 4.61. The summed E-state index contributed by atoms with van der Waals surface area (Å²) in [5.41, 5.74) is -0.0189. The van der Waals surface area contributed by atoms with Gasteiger partial charge in [-0.3, -0.25) is 4.79 Å². The van der Waals surface area contributed by atoms with E-state index in [1.165, 1.54) is 20.3 Å². The lowest BCUT2D eigenvalue weighted by molar-refractivity contribution is 0.0946. The normalized spacial score (nSPS) is 14.3. The van der Waals surface area contributed by atoms with Crippen LogP contribution in [0.3, 0.4) is 0 Å². The van der Waals surface area contributed by atoms with E-state index in [-0.39, 0.29) is 17.4 Å². The summed E-state index contributed by atoms with van der Waals surface area (Å²) in [5, 5.41) is 2.72. The average Bonchev–Trinajstić information content (AvgIpc) is 3.12. The molecule has 1 aliphatic rings. The number of ether oxygens (including phenoxy) is 2. The largest absolute Gasteiger partial charge is 0.493 e. The Hall–Kier alpha value is -1.78. The number of hydrogen-bond acceptors (Lipinski definition) is 3. The molecule has 1 amide bonds. The molecule has 17 heavy (non-hydrogen) atoms. The van der Waals surface area contributed by atoms with E-state index in [1.54, 1.807) is 0 Å². The average molecular weight is 239 g/mol. The number of halogens is 1. The summed E-state index contributed by atoms with van der Waals surface area (Å²) in [6.45, 7) is 0. The van der Waals surface area contributed by atoms with E-state index in [9.17, 15) is 9.18 Å². The Balaban J connectivity index is 2.28. The molecule has 92 valence electrons. The van der Waals surface area contributed by atoms with Crippen molar-refractivity contribution in [1.29, 1.82) is 0 Å². The van der Waals surface area contributed by atoms with E-state index in [4.69, 9.17) is 9.47 Å². The fourth-order valence-electron chi connectivity index (χ4n) is 1.52. The predicted octanol–water partition coefficient (Wildman–Crippen LogP) is 1.74. The summed E-state index contributed by atoms with van der Waals surface area (Å²) in [7, 11) is 2.86. The summed E-state index contributed by atoms with van der Waals surface area (Å²) in [5.74, 6) is -0.408. The van der Waals surface area contributed by atoms with Crippen LogP contribution in [0.1, 0.15) is 23.2 Å². The van der Waals surface area contributed by atoms with Crippen LogP contribution in [-0.4, -0.2) is 26.2 Å². The maximum Gasteiger partial charge on any atom is 0.254 e. The third-order valence-corrected chi connectivity index (χ3v) is 2.63. The fourth-order valence-corrected chi connectivity index (χ4v) is 1.52. The fraction of sp³-hybridized carbons (Fsp3) is 0.417. The van der Waals surface area contributed by atoms with Crippen molar-refractivity contribution in [2.75, 3.05) is 14.2 Å². The standard InChI is InChI=1S/C12H14FNO3/c1-16-10-5-8(9(13)6-11(10)17-2)12(15)14-7-3-4-7/h5-7H,3-4H2,1-2H3,(H,14,15). The minimum atomic E-state index is -0.610. The van der Waals surface area contributed by atoms with Crippen molar-refractivity contribution in [2.45, 2.75) is 18.9 Å². The number of carbonyl (C=O) groups is 1. The molecule has 0 radical (unpaired) electrons. The van der Waals surface area contributed by atoms with Crippen molar-refractivity contribution in [2.24, 2.45) is 0 Å². The molecule has 0 bridgehead atoms. The van der Waals surface area contributed by atoms with E-state index < -0.39 is 11.7 Å². The van der Waals surface area contributed by atoms with Gasteiger partial charge in [0.2, 0.25) is 0 Å². The van der Waals surface area contributed by atoms with Gasteiger partial charge in [-0.15, -0.1) is 0 Å². The molecule has 4 nitrogen and oxygen atoms in total. The molecule has 5 heteroatoms. The van der Waals surface area contributed by atoms with E-state index in [2.05, 4.69) is 5.32 Å². The lowest BCUT2D eigenvalue weighted by Gasteiger charge is -2.10. The molecule has 0 heterocycles. The van der Waals surface area contributed by atoms with Crippen LogP contribution in [0.5, 0.6) is 11.5 Å². The van der Waals surface area contributed by atoms with Gasteiger partial charge in [0.05, 0.1) is 19.8 Å². The number of nitrogens with one attached hydrogen (secondary N) is 1. The summed E-state index contributed by atoms with van der Waals surface area (Å²) in [6.07, 6.45) is 1.92. The Morgan fingerprint density at radius 3 is 2.41 bits per heavy atom. The van der Waals surface area contributed by atoms with Gasteiger partial charge in [-0.1, -0.05) is 0 Å². The molecule has 0 aromatic heterocycles. The van der Waals surface area contributed by atoms with Gasteiger partial charge in [0.15, 0.2) is 11.5 Å². The lowest BCUT2D eigenvalue weighted by atomic mass is 10.1. The second-order valence-electron chi connectivity index (χ2n) is 3.93. The highest BCUT2D eigenvalue weighted by molar-refractivity contribution is 5.95. The van der Waals surface area contributed by atoms with Crippen LogP contribution < -0.4 is 14.8 Å². The summed E-state index contributed by atoms with van der Waals surface area (Å²) in [4.78, 5) is 11.7. The molecule has 0 aliphatic heterocycles. The number of methoxy groups -OCH3 is 2. The minimum Gasteiger partial charge on any atom is -0.493 e. The maximum atomic E-state index is 13.7. The van der Waals surface area contributed by atoms with Gasteiger partial charge in [-0.25, -0.2) is 4.39 Å². The molecule has 1 N–H and O–H groups in total. The molecule has 0 saturated heterocycles. The molecular weight excluding hydrogens is 225 g/mol. The second-order valence-corrected chi connectivity index (χ2v) is 3.93. The molecule has 0 spiro atoms. The van der Waals surface area contributed by atoms with Crippen LogP contribution in [0.25, 0.3) is 0 Å². The molecule has 1 fully saturated rings. The zero-order valence-corrected chi connectivity index (χ0v) is 9.75. The van der Waals surface area contributed by atoms with Crippen LogP contribution in [0.2, 0.25) is 0 Å². The van der Waals surface area contributed by atoms with Crippen molar-refractivity contribution in [3.8, 4) is 11.5 Å². The Morgan fingerprint density at radius 2 is 1.88 bits per heavy atom.